The number of hydrogen-bond donors (Lipinski definition) is 2. The maximum atomic E-state index is 13.1. The van der Waals surface area contributed by atoms with Crippen LogP contribution in [0.25, 0.3) is 0 Å². The first-order chi connectivity index (χ1) is 13.0. The lowest BCUT2D eigenvalue weighted by atomic mass is 10.2. The summed E-state index contributed by atoms with van der Waals surface area (Å²) in [7, 11) is 0. The Morgan fingerprint density at radius 2 is 1.78 bits per heavy atom. The lowest BCUT2D eigenvalue weighted by molar-refractivity contribution is -0.113. The van der Waals surface area contributed by atoms with Gasteiger partial charge in [0.1, 0.15) is 11.6 Å². The van der Waals surface area contributed by atoms with Crippen molar-refractivity contribution in [3.8, 4) is 0 Å². The molecule has 0 spiro atoms. The molecule has 6 nitrogen and oxygen atoms in total. The molecule has 10 heteroatoms. The number of carbonyl (C=O) groups excluding carboxylic acids is 2. The molecule has 0 aliphatic rings. The summed E-state index contributed by atoms with van der Waals surface area (Å²) in [6, 6.07) is 10.7. The van der Waals surface area contributed by atoms with Crippen LogP contribution in [0.3, 0.4) is 0 Å². The summed E-state index contributed by atoms with van der Waals surface area (Å²) in [4.78, 5) is 23.9. The van der Waals surface area contributed by atoms with Crippen molar-refractivity contribution in [3.05, 3.63) is 65.7 Å². The standard InChI is InChI=1S/C17H12F2N4O2S2/c18-11-6-4-10(5-7-11)15(25)21-16-22-23-17(27-16)26-9-14(24)20-13-3-1-2-12(19)8-13/h1-8H,9H2,(H,20,24)(H,21,22,25). The molecule has 138 valence electrons. The largest absolute Gasteiger partial charge is 0.325 e. The van der Waals surface area contributed by atoms with Gasteiger partial charge in [-0.3, -0.25) is 14.9 Å². The van der Waals surface area contributed by atoms with Crippen LogP contribution in [0.2, 0.25) is 0 Å². The van der Waals surface area contributed by atoms with Crippen molar-refractivity contribution in [1.82, 2.24) is 10.2 Å². The quantitative estimate of drug-likeness (QED) is 0.481. The van der Waals surface area contributed by atoms with Crippen LogP contribution >= 0.6 is 23.1 Å². The Bertz CT molecular complexity index is 964. The minimum absolute atomic E-state index is 0.0526. The maximum absolute atomic E-state index is 13.1. The second kappa shape index (κ2) is 8.69. The molecule has 2 amide bonds. The zero-order valence-electron chi connectivity index (χ0n) is 13.6. The van der Waals surface area contributed by atoms with Crippen molar-refractivity contribution in [2.75, 3.05) is 16.4 Å². The molecule has 0 radical (unpaired) electrons. The minimum Gasteiger partial charge on any atom is -0.325 e. The Morgan fingerprint density at radius 1 is 1.00 bits per heavy atom. The van der Waals surface area contributed by atoms with E-state index in [1.54, 1.807) is 6.07 Å². The highest BCUT2D eigenvalue weighted by atomic mass is 32.2. The first-order valence-corrected chi connectivity index (χ1v) is 9.38. The summed E-state index contributed by atoms with van der Waals surface area (Å²) in [6.07, 6.45) is 0. The fourth-order valence-corrected chi connectivity index (χ4v) is 3.53. The molecule has 0 atom stereocenters. The van der Waals surface area contributed by atoms with Gasteiger partial charge in [0.25, 0.3) is 5.91 Å². The van der Waals surface area contributed by atoms with Gasteiger partial charge in [-0.2, -0.15) is 0 Å². The van der Waals surface area contributed by atoms with Gasteiger partial charge < -0.3 is 5.32 Å². The molecule has 1 aromatic heterocycles. The topological polar surface area (TPSA) is 84.0 Å². The number of thioether (sulfide) groups is 1. The molecule has 0 aliphatic heterocycles. The number of aromatic nitrogens is 2. The van der Waals surface area contributed by atoms with Crippen LogP contribution in [-0.2, 0) is 4.79 Å². The first-order valence-electron chi connectivity index (χ1n) is 7.58. The molecule has 1 heterocycles. The zero-order valence-corrected chi connectivity index (χ0v) is 15.2. The summed E-state index contributed by atoms with van der Waals surface area (Å²) in [5.41, 5.74) is 0.653. The van der Waals surface area contributed by atoms with Gasteiger partial charge in [0.2, 0.25) is 11.0 Å². The predicted molar refractivity (Wildman–Crippen MR) is 100 cm³/mol. The Hall–Kier alpha value is -2.85. The molecular formula is C17H12F2N4O2S2. The van der Waals surface area contributed by atoms with Crippen molar-refractivity contribution in [3.63, 3.8) is 0 Å². The summed E-state index contributed by atoms with van der Waals surface area (Å²) < 4.78 is 26.5. The van der Waals surface area contributed by atoms with E-state index in [9.17, 15) is 18.4 Å². The lowest BCUT2D eigenvalue weighted by Crippen LogP contribution is -2.13. The van der Waals surface area contributed by atoms with Crippen LogP contribution < -0.4 is 10.6 Å². The Morgan fingerprint density at radius 3 is 2.52 bits per heavy atom. The Kier molecular flexibility index (Phi) is 6.09. The van der Waals surface area contributed by atoms with E-state index in [0.717, 1.165) is 23.1 Å². The van der Waals surface area contributed by atoms with E-state index in [1.807, 2.05) is 0 Å². The van der Waals surface area contributed by atoms with Gasteiger partial charge in [-0.15, -0.1) is 10.2 Å². The number of anilines is 2. The number of carbonyl (C=O) groups is 2. The van der Waals surface area contributed by atoms with Crippen molar-refractivity contribution in [2.24, 2.45) is 0 Å². The molecule has 3 rings (SSSR count). The summed E-state index contributed by atoms with van der Waals surface area (Å²) >= 11 is 2.24. The molecule has 0 unspecified atom stereocenters. The van der Waals surface area contributed by atoms with Crippen LogP contribution in [0.4, 0.5) is 19.6 Å². The van der Waals surface area contributed by atoms with Gasteiger partial charge in [-0.1, -0.05) is 29.2 Å². The van der Waals surface area contributed by atoms with Gasteiger partial charge >= 0.3 is 0 Å². The highest BCUT2D eigenvalue weighted by Gasteiger charge is 2.12. The number of nitrogens with one attached hydrogen (secondary N) is 2. The van der Waals surface area contributed by atoms with Gasteiger partial charge in [-0.05, 0) is 42.5 Å². The van der Waals surface area contributed by atoms with Crippen LogP contribution in [0, 0.1) is 11.6 Å². The first kappa shape index (κ1) is 18.9. The van der Waals surface area contributed by atoms with Crippen molar-refractivity contribution in [2.45, 2.75) is 4.34 Å². The third-order valence-electron chi connectivity index (χ3n) is 3.17. The summed E-state index contributed by atoms with van der Waals surface area (Å²) in [6.45, 7) is 0. The number of nitrogens with zero attached hydrogens (tertiary/aromatic N) is 2. The van der Waals surface area contributed by atoms with E-state index in [4.69, 9.17) is 0 Å². The molecule has 0 aliphatic carbocycles. The third kappa shape index (κ3) is 5.56. The Labute approximate surface area is 161 Å². The second-order valence-electron chi connectivity index (χ2n) is 5.18. The van der Waals surface area contributed by atoms with Crippen LogP contribution in [0.1, 0.15) is 10.4 Å². The van der Waals surface area contributed by atoms with Crippen molar-refractivity contribution >= 4 is 45.7 Å². The third-order valence-corrected chi connectivity index (χ3v) is 5.14. The van der Waals surface area contributed by atoms with E-state index in [0.29, 0.717) is 10.0 Å². The highest BCUT2D eigenvalue weighted by molar-refractivity contribution is 8.01. The lowest BCUT2D eigenvalue weighted by Gasteiger charge is -2.03. The average molecular weight is 406 g/mol. The molecule has 3 aromatic rings. The predicted octanol–water partition coefficient (Wildman–Crippen LogP) is 3.80. The molecule has 2 aromatic carbocycles. The maximum Gasteiger partial charge on any atom is 0.257 e. The number of halogens is 2. The van der Waals surface area contributed by atoms with Crippen LogP contribution in [-0.4, -0.2) is 27.8 Å². The minimum atomic E-state index is -0.439. The van der Waals surface area contributed by atoms with Crippen molar-refractivity contribution < 1.29 is 18.4 Å². The summed E-state index contributed by atoms with van der Waals surface area (Å²) in [5.74, 6) is -1.58. The van der Waals surface area contributed by atoms with E-state index >= 15 is 0 Å². The van der Waals surface area contributed by atoms with E-state index in [1.165, 1.54) is 42.5 Å². The highest BCUT2D eigenvalue weighted by Crippen LogP contribution is 2.26. The van der Waals surface area contributed by atoms with Gasteiger partial charge in [0.15, 0.2) is 4.34 Å². The molecule has 27 heavy (non-hydrogen) atoms. The second-order valence-corrected chi connectivity index (χ2v) is 7.38. The molecule has 2 N–H and O–H groups in total. The fraction of sp³-hybridized carbons (Fsp3) is 0.0588. The van der Waals surface area contributed by atoms with E-state index in [2.05, 4.69) is 20.8 Å². The van der Waals surface area contributed by atoms with Crippen LogP contribution in [0.5, 0.6) is 0 Å². The van der Waals surface area contributed by atoms with Gasteiger partial charge in [0, 0.05) is 11.3 Å². The SMILES string of the molecule is O=C(CSc1nnc(NC(=O)c2ccc(F)cc2)s1)Nc1cccc(F)c1. The van der Waals surface area contributed by atoms with E-state index in [-0.39, 0.29) is 22.4 Å². The molecular weight excluding hydrogens is 394 g/mol. The summed E-state index contributed by atoms with van der Waals surface area (Å²) in [5, 5.41) is 13.1. The molecule has 0 saturated heterocycles. The van der Waals surface area contributed by atoms with Gasteiger partial charge in [-0.25, -0.2) is 8.78 Å². The fourth-order valence-electron chi connectivity index (χ4n) is 1.98. The molecule has 0 saturated carbocycles. The van der Waals surface area contributed by atoms with Gasteiger partial charge in [0.05, 0.1) is 5.75 Å². The normalized spacial score (nSPS) is 10.4. The number of amides is 2. The van der Waals surface area contributed by atoms with Crippen LogP contribution in [0.15, 0.2) is 52.9 Å². The smallest absolute Gasteiger partial charge is 0.257 e. The monoisotopic (exact) mass is 406 g/mol. The average Bonchev–Trinajstić information content (AvgIpc) is 3.08. The number of benzene rings is 2. The molecule has 0 fully saturated rings. The Balaban J connectivity index is 1.51. The number of rotatable bonds is 6. The van der Waals surface area contributed by atoms with E-state index < -0.39 is 17.5 Å². The zero-order chi connectivity index (χ0) is 19.2. The number of hydrogen-bond acceptors (Lipinski definition) is 6. The van der Waals surface area contributed by atoms with Crippen molar-refractivity contribution in [1.29, 1.82) is 0 Å². The molecule has 0 bridgehead atoms.